The van der Waals surface area contributed by atoms with Crippen LogP contribution in [0.2, 0.25) is 0 Å². The van der Waals surface area contributed by atoms with Crippen molar-refractivity contribution < 1.29 is 9.53 Å². The summed E-state index contributed by atoms with van der Waals surface area (Å²) in [4.78, 5) is 16.8. The molecule has 0 bridgehead atoms. The predicted octanol–water partition coefficient (Wildman–Crippen LogP) is 4.10. The smallest absolute Gasteiger partial charge is 0.246 e. The molecule has 0 atom stereocenters. The maximum Gasteiger partial charge on any atom is 0.246 e. The predicted molar refractivity (Wildman–Crippen MR) is 116 cm³/mol. The lowest BCUT2D eigenvalue weighted by Crippen LogP contribution is -2.34. The molecule has 3 rings (SSSR count). The van der Waals surface area contributed by atoms with Crippen molar-refractivity contribution in [3.63, 3.8) is 0 Å². The zero-order chi connectivity index (χ0) is 20.5. The van der Waals surface area contributed by atoms with E-state index < -0.39 is 0 Å². The van der Waals surface area contributed by atoms with Gasteiger partial charge < -0.3 is 14.5 Å². The summed E-state index contributed by atoms with van der Waals surface area (Å²) in [5, 5.41) is 8.94. The summed E-state index contributed by atoms with van der Waals surface area (Å²) < 4.78 is 5.58. The minimum absolute atomic E-state index is 0.0398. The molecular weight excluding hydrogens is 362 g/mol. The van der Waals surface area contributed by atoms with Crippen molar-refractivity contribution in [2.75, 3.05) is 37.7 Å². The molecule has 0 N–H and O–H groups in total. The van der Waals surface area contributed by atoms with Crippen LogP contribution in [0, 0.1) is 11.3 Å². The molecule has 1 saturated heterocycles. The van der Waals surface area contributed by atoms with Crippen molar-refractivity contribution in [1.82, 2.24) is 4.90 Å². The lowest BCUT2D eigenvalue weighted by molar-refractivity contribution is -0.125. The number of hydrogen-bond acceptors (Lipinski definition) is 4. The molecule has 0 saturated carbocycles. The van der Waals surface area contributed by atoms with Gasteiger partial charge >= 0.3 is 0 Å². The first-order chi connectivity index (χ1) is 14.2. The fraction of sp³-hybridized carbons (Fsp3) is 0.333. The molecular formula is C24H27N3O2. The van der Waals surface area contributed by atoms with Gasteiger partial charge in [-0.25, -0.2) is 0 Å². The first-order valence-corrected chi connectivity index (χ1v) is 10.1. The van der Waals surface area contributed by atoms with Crippen LogP contribution in [0.15, 0.2) is 54.6 Å². The number of carbonyl (C=O) groups excluding carboxylic acids is 1. The molecule has 0 aliphatic carbocycles. The van der Waals surface area contributed by atoms with E-state index in [4.69, 9.17) is 10.00 Å². The third kappa shape index (κ3) is 5.86. The normalized spacial score (nSPS) is 14.5. The Kier molecular flexibility index (Phi) is 7.29. The second-order valence-corrected chi connectivity index (χ2v) is 7.08. The first-order valence-electron chi connectivity index (χ1n) is 10.1. The fourth-order valence-electron chi connectivity index (χ4n) is 3.31. The van der Waals surface area contributed by atoms with Gasteiger partial charge in [-0.2, -0.15) is 5.26 Å². The lowest BCUT2D eigenvalue weighted by atomic mass is 10.2. The zero-order valence-corrected chi connectivity index (χ0v) is 16.9. The molecule has 1 heterocycles. The largest absolute Gasteiger partial charge is 0.494 e. The van der Waals surface area contributed by atoms with Gasteiger partial charge in [0.25, 0.3) is 0 Å². The molecule has 0 unspecified atom stereocenters. The van der Waals surface area contributed by atoms with Gasteiger partial charge in [0, 0.05) is 37.9 Å². The number of nitrogens with zero attached hydrogens (tertiary/aromatic N) is 3. The van der Waals surface area contributed by atoms with E-state index in [9.17, 15) is 4.79 Å². The average molecular weight is 389 g/mol. The quantitative estimate of drug-likeness (QED) is 0.698. The highest BCUT2D eigenvalue weighted by Gasteiger charge is 2.17. The van der Waals surface area contributed by atoms with Crippen LogP contribution in [0.4, 0.5) is 5.69 Å². The van der Waals surface area contributed by atoms with Gasteiger partial charge in [0.1, 0.15) is 5.75 Å². The van der Waals surface area contributed by atoms with Crippen LogP contribution in [-0.2, 0) is 4.79 Å². The molecule has 5 heteroatoms. The standard InChI is InChI=1S/C24H27N3O2/c1-2-18-29-23-11-6-20(7-12-23)8-13-24(28)27-15-3-14-26(16-17-27)22-9-4-21(19-25)5-10-22/h4-13H,2-3,14-18H2,1H3/b13-8+. The number of hydrogen-bond donors (Lipinski definition) is 0. The maximum absolute atomic E-state index is 12.6. The van der Waals surface area contributed by atoms with Crippen molar-refractivity contribution in [3.05, 3.63) is 65.7 Å². The summed E-state index contributed by atoms with van der Waals surface area (Å²) >= 11 is 0. The Morgan fingerprint density at radius 1 is 1.07 bits per heavy atom. The molecule has 29 heavy (non-hydrogen) atoms. The second-order valence-electron chi connectivity index (χ2n) is 7.08. The monoisotopic (exact) mass is 389 g/mol. The van der Waals surface area contributed by atoms with E-state index >= 15 is 0 Å². The molecule has 0 aromatic heterocycles. The zero-order valence-electron chi connectivity index (χ0n) is 16.9. The van der Waals surface area contributed by atoms with Crippen molar-refractivity contribution in [2.45, 2.75) is 19.8 Å². The Morgan fingerprint density at radius 3 is 2.52 bits per heavy atom. The van der Waals surface area contributed by atoms with Crippen LogP contribution < -0.4 is 9.64 Å². The fourth-order valence-corrected chi connectivity index (χ4v) is 3.31. The van der Waals surface area contributed by atoms with Gasteiger partial charge in [-0.05, 0) is 60.9 Å². The van der Waals surface area contributed by atoms with Crippen LogP contribution in [0.1, 0.15) is 30.9 Å². The summed E-state index contributed by atoms with van der Waals surface area (Å²) in [6, 6.07) is 17.6. The highest BCUT2D eigenvalue weighted by molar-refractivity contribution is 5.91. The third-order valence-corrected chi connectivity index (χ3v) is 4.94. The van der Waals surface area contributed by atoms with E-state index in [0.717, 1.165) is 49.5 Å². The average Bonchev–Trinajstić information content (AvgIpc) is 3.03. The Labute approximate surface area is 172 Å². The maximum atomic E-state index is 12.6. The molecule has 1 amide bonds. The topological polar surface area (TPSA) is 56.6 Å². The van der Waals surface area contributed by atoms with Gasteiger partial charge in [-0.3, -0.25) is 4.79 Å². The van der Waals surface area contributed by atoms with Crippen LogP contribution in [0.25, 0.3) is 6.08 Å². The molecule has 1 aliphatic rings. The molecule has 2 aromatic rings. The van der Waals surface area contributed by atoms with Gasteiger partial charge in [0.05, 0.1) is 18.2 Å². The highest BCUT2D eigenvalue weighted by Crippen LogP contribution is 2.18. The summed E-state index contributed by atoms with van der Waals surface area (Å²) in [5.41, 5.74) is 2.74. The third-order valence-electron chi connectivity index (χ3n) is 4.94. The van der Waals surface area contributed by atoms with Crippen molar-refractivity contribution in [1.29, 1.82) is 5.26 Å². The number of anilines is 1. The number of amides is 1. The van der Waals surface area contributed by atoms with E-state index in [1.807, 2.05) is 59.5 Å². The summed E-state index contributed by atoms with van der Waals surface area (Å²) in [6.45, 7) is 5.91. The molecule has 0 radical (unpaired) electrons. The van der Waals surface area contributed by atoms with E-state index in [1.54, 1.807) is 6.08 Å². The Morgan fingerprint density at radius 2 is 1.83 bits per heavy atom. The molecule has 2 aromatic carbocycles. The Bertz CT molecular complexity index is 866. The molecule has 0 spiro atoms. The van der Waals surface area contributed by atoms with Crippen molar-refractivity contribution in [2.24, 2.45) is 0 Å². The highest BCUT2D eigenvalue weighted by atomic mass is 16.5. The number of ether oxygens (including phenoxy) is 1. The van der Waals surface area contributed by atoms with Crippen LogP contribution in [-0.4, -0.2) is 43.6 Å². The van der Waals surface area contributed by atoms with Crippen LogP contribution >= 0.6 is 0 Å². The molecule has 1 aliphatic heterocycles. The van der Waals surface area contributed by atoms with Gasteiger partial charge in [-0.1, -0.05) is 19.1 Å². The summed E-state index contributed by atoms with van der Waals surface area (Å²) in [7, 11) is 0. The second kappa shape index (κ2) is 10.3. The van der Waals surface area contributed by atoms with Crippen molar-refractivity contribution in [3.8, 4) is 11.8 Å². The van der Waals surface area contributed by atoms with E-state index in [-0.39, 0.29) is 5.91 Å². The number of carbonyl (C=O) groups is 1. The van der Waals surface area contributed by atoms with Crippen molar-refractivity contribution >= 4 is 17.7 Å². The van der Waals surface area contributed by atoms with Crippen LogP contribution in [0.3, 0.4) is 0 Å². The first kappa shape index (κ1) is 20.5. The Hall–Kier alpha value is -3.26. The minimum atomic E-state index is 0.0398. The number of nitriles is 1. The molecule has 150 valence electrons. The van der Waals surface area contributed by atoms with Gasteiger partial charge in [0.15, 0.2) is 0 Å². The molecule has 5 nitrogen and oxygen atoms in total. The van der Waals surface area contributed by atoms with E-state index in [1.165, 1.54) is 0 Å². The summed E-state index contributed by atoms with van der Waals surface area (Å²) in [5.74, 6) is 0.892. The lowest BCUT2D eigenvalue weighted by Gasteiger charge is -2.23. The number of benzene rings is 2. The minimum Gasteiger partial charge on any atom is -0.494 e. The number of rotatable bonds is 6. The summed E-state index contributed by atoms with van der Waals surface area (Å²) in [6.07, 6.45) is 5.41. The van der Waals surface area contributed by atoms with E-state index in [2.05, 4.69) is 17.9 Å². The Balaban J connectivity index is 1.54. The SMILES string of the molecule is CCCOc1ccc(/C=C/C(=O)N2CCCN(c3ccc(C#N)cc3)CC2)cc1. The molecule has 1 fully saturated rings. The van der Waals surface area contributed by atoms with Gasteiger partial charge in [-0.15, -0.1) is 0 Å². The van der Waals surface area contributed by atoms with Gasteiger partial charge in [0.2, 0.25) is 5.91 Å². The van der Waals surface area contributed by atoms with E-state index in [0.29, 0.717) is 18.7 Å². The van der Waals surface area contributed by atoms with Crippen LogP contribution in [0.5, 0.6) is 5.75 Å².